The highest BCUT2D eigenvalue weighted by atomic mass is 32.1. The summed E-state index contributed by atoms with van der Waals surface area (Å²) in [5.74, 6) is -0.670. The van der Waals surface area contributed by atoms with Crippen LogP contribution < -0.4 is 5.32 Å². The Bertz CT molecular complexity index is 1410. The van der Waals surface area contributed by atoms with Crippen LogP contribution >= 0.6 is 11.3 Å². The van der Waals surface area contributed by atoms with Crippen molar-refractivity contribution in [1.82, 2.24) is 14.8 Å². The molecule has 1 atom stereocenters. The maximum absolute atomic E-state index is 13.9. The third-order valence-electron chi connectivity index (χ3n) is 6.82. The Morgan fingerprint density at radius 3 is 2.31 bits per heavy atom. The lowest BCUT2D eigenvalue weighted by Crippen LogP contribution is -2.46. The van der Waals surface area contributed by atoms with Crippen LogP contribution in [0.25, 0.3) is 0 Å². The Kier molecular flexibility index (Phi) is 6.33. The van der Waals surface area contributed by atoms with Crippen LogP contribution in [0.15, 0.2) is 84.2 Å². The summed E-state index contributed by atoms with van der Waals surface area (Å²) in [6, 6.07) is 24.2. The molecule has 1 fully saturated rings. The molecule has 6 nitrogen and oxygen atoms in total. The van der Waals surface area contributed by atoms with Crippen molar-refractivity contribution in [2.45, 2.75) is 32.4 Å². The van der Waals surface area contributed by atoms with Gasteiger partial charge in [0.25, 0.3) is 5.91 Å². The van der Waals surface area contributed by atoms with Gasteiger partial charge in [-0.25, -0.2) is 4.79 Å². The fourth-order valence-electron chi connectivity index (χ4n) is 4.93. The SMILES string of the molecule is Cc1cc(C(=O)CN2C(=O)NC(Cc3ccccc3)(c3ccccc3)C2=O)c(C)n1Cc1cccs1. The molecule has 1 aliphatic rings. The normalized spacial score (nSPS) is 17.4. The van der Waals surface area contributed by atoms with Gasteiger partial charge >= 0.3 is 6.03 Å². The molecule has 7 heteroatoms. The summed E-state index contributed by atoms with van der Waals surface area (Å²) in [4.78, 5) is 42.7. The smallest absolute Gasteiger partial charge is 0.325 e. The molecule has 0 radical (unpaired) electrons. The molecule has 2 aromatic carbocycles. The lowest BCUT2D eigenvalue weighted by atomic mass is 9.83. The highest BCUT2D eigenvalue weighted by molar-refractivity contribution is 7.09. The minimum absolute atomic E-state index is 0.257. The minimum atomic E-state index is -1.27. The standard InChI is InChI=1S/C29H27N3O3S/c1-20-16-25(21(2)31(20)18-24-14-9-15-36-24)26(33)19-32-27(34)29(30-28(32)35,23-12-7-4-8-13-23)17-22-10-5-3-6-11-22/h3-16H,17-19H2,1-2H3,(H,30,35). The second-order valence-corrected chi connectivity index (χ2v) is 10.2. The van der Waals surface area contributed by atoms with E-state index in [4.69, 9.17) is 0 Å². The third kappa shape index (κ3) is 4.27. The molecule has 3 amide bonds. The van der Waals surface area contributed by atoms with E-state index in [-0.39, 0.29) is 12.3 Å². The molecule has 1 N–H and O–H groups in total. The van der Waals surface area contributed by atoms with Crippen molar-refractivity contribution >= 4 is 29.1 Å². The average Bonchev–Trinajstić information content (AvgIpc) is 3.56. The van der Waals surface area contributed by atoms with E-state index in [2.05, 4.69) is 16.0 Å². The number of ketones is 1. The van der Waals surface area contributed by atoms with E-state index in [0.29, 0.717) is 24.1 Å². The van der Waals surface area contributed by atoms with Gasteiger partial charge in [-0.3, -0.25) is 14.5 Å². The van der Waals surface area contributed by atoms with Crippen molar-refractivity contribution in [1.29, 1.82) is 0 Å². The summed E-state index contributed by atoms with van der Waals surface area (Å²) in [5, 5.41) is 4.96. The van der Waals surface area contributed by atoms with Gasteiger partial charge in [-0.2, -0.15) is 0 Å². The first-order chi connectivity index (χ1) is 17.4. The molecule has 5 rings (SSSR count). The number of carbonyl (C=O) groups is 3. The Morgan fingerprint density at radius 1 is 0.944 bits per heavy atom. The topological polar surface area (TPSA) is 71.4 Å². The van der Waals surface area contributed by atoms with Crippen molar-refractivity contribution in [3.63, 3.8) is 0 Å². The molecular formula is C29H27N3O3S. The number of aryl methyl sites for hydroxylation is 1. The number of imide groups is 1. The molecular weight excluding hydrogens is 470 g/mol. The van der Waals surface area contributed by atoms with Crippen molar-refractivity contribution in [2.75, 3.05) is 6.54 Å². The van der Waals surface area contributed by atoms with Crippen molar-refractivity contribution in [3.8, 4) is 0 Å². The van der Waals surface area contributed by atoms with Crippen LogP contribution in [0.5, 0.6) is 0 Å². The summed E-state index contributed by atoms with van der Waals surface area (Å²) in [6.07, 6.45) is 0.294. The Labute approximate surface area is 214 Å². The zero-order valence-electron chi connectivity index (χ0n) is 20.2. The number of thiophene rings is 1. The van der Waals surface area contributed by atoms with Gasteiger partial charge in [0, 0.05) is 28.2 Å². The van der Waals surface area contributed by atoms with Gasteiger partial charge in [0.2, 0.25) is 0 Å². The van der Waals surface area contributed by atoms with E-state index in [1.807, 2.05) is 92.0 Å². The second kappa shape index (κ2) is 9.59. The Balaban J connectivity index is 1.43. The molecule has 1 saturated heterocycles. The zero-order valence-corrected chi connectivity index (χ0v) is 21.0. The van der Waals surface area contributed by atoms with E-state index in [1.165, 1.54) is 4.88 Å². The fourth-order valence-corrected chi connectivity index (χ4v) is 5.62. The highest BCUT2D eigenvalue weighted by Crippen LogP contribution is 2.33. The first-order valence-corrected chi connectivity index (χ1v) is 12.7. The number of carbonyl (C=O) groups excluding carboxylic acids is 3. The molecule has 36 heavy (non-hydrogen) atoms. The number of nitrogens with zero attached hydrogens (tertiary/aromatic N) is 2. The lowest BCUT2D eigenvalue weighted by molar-refractivity contribution is -0.131. The average molecular weight is 498 g/mol. The highest BCUT2D eigenvalue weighted by Gasteiger charge is 2.52. The predicted octanol–water partition coefficient (Wildman–Crippen LogP) is 5.09. The first-order valence-electron chi connectivity index (χ1n) is 11.8. The second-order valence-electron chi connectivity index (χ2n) is 9.13. The molecule has 0 saturated carbocycles. The first kappa shape index (κ1) is 23.8. The zero-order chi connectivity index (χ0) is 25.3. The van der Waals surface area contributed by atoms with Crippen LogP contribution in [0.1, 0.15) is 37.7 Å². The van der Waals surface area contributed by atoms with E-state index in [0.717, 1.165) is 21.9 Å². The molecule has 4 aromatic rings. The van der Waals surface area contributed by atoms with Gasteiger partial charge in [0.05, 0.1) is 13.1 Å². The number of benzene rings is 2. The van der Waals surface area contributed by atoms with Crippen molar-refractivity contribution in [3.05, 3.63) is 117 Å². The molecule has 0 spiro atoms. The van der Waals surface area contributed by atoms with Crippen LogP contribution in [0, 0.1) is 13.8 Å². The summed E-state index contributed by atoms with van der Waals surface area (Å²) in [6.45, 7) is 4.24. The maximum Gasteiger partial charge on any atom is 0.325 e. The van der Waals surface area contributed by atoms with Crippen LogP contribution in [0.4, 0.5) is 4.79 Å². The van der Waals surface area contributed by atoms with Gasteiger partial charge in [-0.1, -0.05) is 66.7 Å². The molecule has 0 bridgehead atoms. The number of amides is 3. The van der Waals surface area contributed by atoms with Gasteiger partial charge in [0.15, 0.2) is 11.3 Å². The minimum Gasteiger partial charge on any atom is -0.343 e. The maximum atomic E-state index is 13.9. The number of hydrogen-bond donors (Lipinski definition) is 1. The molecule has 1 aliphatic heterocycles. The van der Waals surface area contributed by atoms with E-state index < -0.39 is 17.5 Å². The monoisotopic (exact) mass is 497 g/mol. The summed E-state index contributed by atoms with van der Waals surface area (Å²) in [7, 11) is 0. The summed E-state index contributed by atoms with van der Waals surface area (Å²) < 4.78 is 2.09. The van der Waals surface area contributed by atoms with E-state index >= 15 is 0 Å². The van der Waals surface area contributed by atoms with Crippen LogP contribution in [-0.4, -0.2) is 33.7 Å². The molecule has 182 valence electrons. The van der Waals surface area contributed by atoms with Gasteiger partial charge in [-0.15, -0.1) is 11.3 Å². The molecule has 0 aliphatic carbocycles. The molecule has 2 aromatic heterocycles. The van der Waals surface area contributed by atoms with Crippen LogP contribution in [0.2, 0.25) is 0 Å². The van der Waals surface area contributed by atoms with E-state index in [9.17, 15) is 14.4 Å². The van der Waals surface area contributed by atoms with Crippen LogP contribution in [0.3, 0.4) is 0 Å². The summed E-state index contributed by atoms with van der Waals surface area (Å²) in [5.41, 5.74) is 2.66. The van der Waals surface area contributed by atoms with Gasteiger partial charge < -0.3 is 9.88 Å². The van der Waals surface area contributed by atoms with Crippen molar-refractivity contribution < 1.29 is 14.4 Å². The van der Waals surface area contributed by atoms with E-state index in [1.54, 1.807) is 11.3 Å². The third-order valence-corrected chi connectivity index (χ3v) is 7.69. The quantitative estimate of drug-likeness (QED) is 0.272. The Hall–Kier alpha value is -3.97. The van der Waals surface area contributed by atoms with Gasteiger partial charge in [-0.05, 0) is 42.5 Å². The largest absolute Gasteiger partial charge is 0.343 e. The predicted molar refractivity (Wildman–Crippen MR) is 140 cm³/mol. The molecule has 3 heterocycles. The number of urea groups is 1. The lowest BCUT2D eigenvalue weighted by Gasteiger charge is -2.27. The summed E-state index contributed by atoms with van der Waals surface area (Å²) >= 11 is 1.67. The molecule has 1 unspecified atom stereocenters. The van der Waals surface area contributed by atoms with Gasteiger partial charge in [0.1, 0.15) is 0 Å². The Morgan fingerprint density at radius 2 is 1.64 bits per heavy atom. The number of rotatable bonds is 8. The van der Waals surface area contributed by atoms with Crippen molar-refractivity contribution in [2.24, 2.45) is 0 Å². The van der Waals surface area contributed by atoms with Crippen LogP contribution in [-0.2, 0) is 23.3 Å². The number of aromatic nitrogens is 1. The number of hydrogen-bond acceptors (Lipinski definition) is 4. The number of Topliss-reactive ketones (excluding diaryl/α,β-unsaturated/α-hetero) is 1. The number of nitrogens with one attached hydrogen (secondary N) is 1. The fraction of sp³-hybridized carbons (Fsp3) is 0.207.